The highest BCUT2D eigenvalue weighted by atomic mass is 79.9. The summed E-state index contributed by atoms with van der Waals surface area (Å²) in [6.07, 6.45) is -4.63. The molecule has 3 aromatic carbocycles. The van der Waals surface area contributed by atoms with Crippen LogP contribution in [0.3, 0.4) is 0 Å². The Kier molecular flexibility index (Phi) is 7.10. The zero-order chi connectivity index (χ0) is 27.0. The maximum atomic E-state index is 13.6. The number of nitrogens with one attached hydrogen (secondary N) is 1. The number of carboxylic acids is 1. The van der Waals surface area contributed by atoms with Gasteiger partial charge in [-0.2, -0.15) is 13.2 Å². The Morgan fingerprint density at radius 2 is 1.65 bits per heavy atom. The number of hydrogen-bond donors (Lipinski definition) is 2. The fourth-order valence-electron chi connectivity index (χ4n) is 4.19. The van der Waals surface area contributed by atoms with Gasteiger partial charge in [-0.15, -0.1) is 0 Å². The average molecular weight is 571 g/mol. The molecule has 1 unspecified atom stereocenters. The predicted octanol–water partition coefficient (Wildman–Crippen LogP) is 6.76. The first-order chi connectivity index (χ1) is 17.4. The summed E-state index contributed by atoms with van der Waals surface area (Å²) in [4.78, 5) is 30.6. The van der Waals surface area contributed by atoms with Crippen LogP contribution in [0.25, 0.3) is 22.2 Å². The number of carbonyl (C=O) groups is 2. The number of hydrogen-bond acceptors (Lipinski definition) is 3. The van der Waals surface area contributed by atoms with Crippen LogP contribution in [0.15, 0.2) is 77.3 Å². The van der Waals surface area contributed by atoms with E-state index in [2.05, 4.69) is 21.2 Å². The van der Waals surface area contributed by atoms with Crippen LogP contribution in [0.1, 0.15) is 34.0 Å². The molecule has 4 rings (SSSR count). The summed E-state index contributed by atoms with van der Waals surface area (Å²) in [6.45, 7) is 2.61. The average Bonchev–Trinajstić information content (AvgIpc) is 2.86. The van der Waals surface area contributed by atoms with Gasteiger partial charge >= 0.3 is 12.1 Å². The second-order valence-corrected chi connectivity index (χ2v) is 9.80. The Labute approximate surface area is 219 Å². The second-order valence-electron chi connectivity index (χ2n) is 8.89. The van der Waals surface area contributed by atoms with Crippen molar-refractivity contribution in [1.82, 2.24) is 10.3 Å². The zero-order valence-corrected chi connectivity index (χ0v) is 21.4. The highest BCUT2D eigenvalue weighted by Gasteiger charge is 2.38. The van der Waals surface area contributed by atoms with Gasteiger partial charge in [-0.3, -0.25) is 9.59 Å². The molecule has 4 aromatic rings. The van der Waals surface area contributed by atoms with Gasteiger partial charge in [0.05, 0.1) is 22.3 Å². The van der Waals surface area contributed by atoms with Gasteiger partial charge in [-0.05, 0) is 49.2 Å². The van der Waals surface area contributed by atoms with E-state index in [9.17, 15) is 27.9 Å². The topological polar surface area (TPSA) is 79.3 Å². The smallest absolute Gasteiger partial charge is 0.416 e. The van der Waals surface area contributed by atoms with Crippen LogP contribution in [-0.4, -0.2) is 28.5 Å². The van der Waals surface area contributed by atoms with Crippen LogP contribution >= 0.6 is 15.9 Å². The summed E-state index contributed by atoms with van der Waals surface area (Å²) in [7, 11) is 0. The molecule has 0 saturated carbocycles. The van der Waals surface area contributed by atoms with Crippen LogP contribution in [0.2, 0.25) is 0 Å². The quantitative estimate of drug-likeness (QED) is 0.268. The third-order valence-electron chi connectivity index (χ3n) is 6.37. The Morgan fingerprint density at radius 1 is 0.973 bits per heavy atom. The standard InChI is InChI=1S/C28H22BrF3N2O3/c1-16-23(21-14-20(29)11-12-22(21)34-24(16)17-7-4-3-5-8-17)25(35)33-15-27(2,26(36)37)18-9-6-10-19(13-18)28(30,31)32/h3-14H,15H2,1-2H3,(H,33,35)(H,36,37). The molecule has 1 aromatic heterocycles. The third-order valence-corrected chi connectivity index (χ3v) is 6.86. The van der Waals surface area contributed by atoms with Crippen LogP contribution in [0, 0.1) is 6.92 Å². The largest absolute Gasteiger partial charge is 0.481 e. The molecule has 5 nitrogen and oxygen atoms in total. The van der Waals surface area contributed by atoms with Crippen molar-refractivity contribution in [3.63, 3.8) is 0 Å². The van der Waals surface area contributed by atoms with Crippen molar-refractivity contribution in [2.24, 2.45) is 0 Å². The number of aromatic nitrogens is 1. The van der Waals surface area contributed by atoms with E-state index in [1.54, 1.807) is 25.1 Å². The first-order valence-corrected chi connectivity index (χ1v) is 12.1. The highest BCUT2D eigenvalue weighted by molar-refractivity contribution is 9.10. The van der Waals surface area contributed by atoms with Gasteiger partial charge < -0.3 is 10.4 Å². The van der Waals surface area contributed by atoms with E-state index in [1.807, 2.05) is 30.3 Å². The van der Waals surface area contributed by atoms with Crippen molar-refractivity contribution < 1.29 is 27.9 Å². The molecular formula is C28H22BrF3N2O3. The molecule has 0 aliphatic carbocycles. The lowest BCUT2D eigenvalue weighted by Crippen LogP contribution is -2.44. The van der Waals surface area contributed by atoms with Crippen molar-refractivity contribution in [3.05, 3.63) is 99.5 Å². The fraction of sp³-hybridized carbons (Fsp3) is 0.179. The predicted molar refractivity (Wildman–Crippen MR) is 138 cm³/mol. The molecule has 37 heavy (non-hydrogen) atoms. The first kappa shape index (κ1) is 26.3. The van der Waals surface area contributed by atoms with Gasteiger partial charge in [-0.1, -0.05) is 64.5 Å². The molecule has 9 heteroatoms. The molecule has 0 fully saturated rings. The van der Waals surface area contributed by atoms with Crippen molar-refractivity contribution in [1.29, 1.82) is 0 Å². The lowest BCUT2D eigenvalue weighted by molar-refractivity contribution is -0.143. The van der Waals surface area contributed by atoms with Crippen LogP contribution < -0.4 is 5.32 Å². The minimum absolute atomic E-state index is 0.0702. The second kappa shape index (κ2) is 9.97. The highest BCUT2D eigenvalue weighted by Crippen LogP contribution is 2.34. The Bertz CT molecular complexity index is 1510. The molecule has 1 heterocycles. The summed E-state index contributed by atoms with van der Waals surface area (Å²) in [6, 6.07) is 18.8. The van der Waals surface area contributed by atoms with E-state index in [-0.39, 0.29) is 5.56 Å². The molecule has 2 N–H and O–H groups in total. The summed E-state index contributed by atoms with van der Waals surface area (Å²) in [5.41, 5.74) is 0.0224. The van der Waals surface area contributed by atoms with E-state index in [0.717, 1.165) is 28.2 Å². The van der Waals surface area contributed by atoms with Gasteiger partial charge in [0.1, 0.15) is 5.41 Å². The molecule has 0 saturated heterocycles. The molecule has 1 amide bonds. The third kappa shape index (κ3) is 5.22. The number of carbonyl (C=O) groups excluding carboxylic acids is 1. The molecule has 0 aliphatic heterocycles. The number of rotatable bonds is 6. The van der Waals surface area contributed by atoms with Crippen molar-refractivity contribution in [2.75, 3.05) is 6.54 Å². The number of pyridine rings is 1. The molecule has 190 valence electrons. The van der Waals surface area contributed by atoms with E-state index < -0.39 is 35.6 Å². The van der Waals surface area contributed by atoms with Gasteiger partial charge in [-0.25, -0.2) is 4.98 Å². The Balaban J connectivity index is 1.76. The van der Waals surface area contributed by atoms with Gasteiger partial charge in [0.2, 0.25) is 0 Å². The Morgan fingerprint density at radius 3 is 2.30 bits per heavy atom. The molecule has 0 aliphatic rings. The summed E-state index contributed by atoms with van der Waals surface area (Å²) in [5.74, 6) is -1.92. The first-order valence-electron chi connectivity index (χ1n) is 11.3. The number of nitrogens with zero attached hydrogens (tertiary/aromatic N) is 1. The summed E-state index contributed by atoms with van der Waals surface area (Å²) >= 11 is 3.42. The number of fused-ring (bicyclic) bond motifs is 1. The lowest BCUT2D eigenvalue weighted by Gasteiger charge is -2.27. The summed E-state index contributed by atoms with van der Waals surface area (Å²) < 4.78 is 40.5. The lowest BCUT2D eigenvalue weighted by atomic mass is 9.81. The molecule has 0 spiro atoms. The number of carboxylic acid groups (broad SMARTS) is 1. The van der Waals surface area contributed by atoms with Crippen LogP contribution in [0.5, 0.6) is 0 Å². The Hall–Kier alpha value is -3.72. The summed E-state index contributed by atoms with van der Waals surface area (Å²) in [5, 5.41) is 13.2. The van der Waals surface area contributed by atoms with Gasteiger partial charge in [0.15, 0.2) is 0 Å². The fourth-order valence-corrected chi connectivity index (χ4v) is 4.55. The molecule has 1 atom stereocenters. The van der Waals surface area contributed by atoms with Crippen molar-refractivity contribution in [3.8, 4) is 11.3 Å². The zero-order valence-electron chi connectivity index (χ0n) is 19.9. The number of amides is 1. The number of benzene rings is 3. The van der Waals surface area contributed by atoms with E-state index in [1.165, 1.54) is 13.0 Å². The molecule has 0 bridgehead atoms. The SMILES string of the molecule is Cc1c(-c2ccccc2)nc2ccc(Br)cc2c1C(=O)NCC(C)(C(=O)O)c1cccc(C(F)(F)F)c1. The van der Waals surface area contributed by atoms with Crippen LogP contribution in [0.4, 0.5) is 13.2 Å². The van der Waals surface area contributed by atoms with E-state index in [4.69, 9.17) is 4.98 Å². The number of aliphatic carboxylic acids is 1. The monoisotopic (exact) mass is 570 g/mol. The number of halogens is 4. The molecular weight excluding hydrogens is 549 g/mol. The van der Waals surface area contributed by atoms with Gasteiger partial charge in [0.25, 0.3) is 5.91 Å². The maximum absolute atomic E-state index is 13.6. The minimum Gasteiger partial charge on any atom is -0.481 e. The van der Waals surface area contributed by atoms with Crippen molar-refractivity contribution in [2.45, 2.75) is 25.4 Å². The normalized spacial score (nSPS) is 13.2. The van der Waals surface area contributed by atoms with Crippen molar-refractivity contribution >= 4 is 38.7 Å². The number of alkyl halides is 3. The molecule has 0 radical (unpaired) electrons. The van der Waals surface area contributed by atoms with Gasteiger partial charge in [0, 0.05) is 22.0 Å². The van der Waals surface area contributed by atoms with E-state index >= 15 is 0 Å². The van der Waals surface area contributed by atoms with E-state index in [0.29, 0.717) is 27.7 Å². The maximum Gasteiger partial charge on any atom is 0.416 e. The van der Waals surface area contributed by atoms with Crippen LogP contribution in [-0.2, 0) is 16.4 Å². The minimum atomic E-state index is -4.63.